The number of nitrogens with one attached hydrogen (secondary N) is 1. The fourth-order valence-electron chi connectivity index (χ4n) is 2.56. The molecule has 3 N–H and O–H groups in total. The number of nitrogens with two attached hydrogens (primary N) is 1. The minimum atomic E-state index is -0.976. The van der Waals surface area contributed by atoms with E-state index in [1.54, 1.807) is 25.1 Å². The van der Waals surface area contributed by atoms with Crippen LogP contribution in [0.2, 0.25) is 10.0 Å². The van der Waals surface area contributed by atoms with E-state index in [-0.39, 0.29) is 30.8 Å². The minimum absolute atomic E-state index is 0. The first-order valence-corrected chi connectivity index (χ1v) is 8.53. The van der Waals surface area contributed by atoms with Gasteiger partial charge in [0.15, 0.2) is 0 Å². The maximum Gasteiger partial charge on any atom is 0.244 e. The van der Waals surface area contributed by atoms with Crippen molar-refractivity contribution in [1.29, 1.82) is 0 Å². The number of para-hydroxylation sites is 1. The summed E-state index contributed by atoms with van der Waals surface area (Å²) in [6.45, 7) is 2.96. The van der Waals surface area contributed by atoms with E-state index in [9.17, 15) is 9.59 Å². The van der Waals surface area contributed by atoms with Crippen molar-refractivity contribution in [2.45, 2.75) is 25.3 Å². The normalized spacial score (nSPS) is 15.8. The predicted molar refractivity (Wildman–Crippen MR) is 102 cm³/mol. The predicted octanol–water partition coefficient (Wildman–Crippen LogP) is 2.71. The molecule has 1 heterocycles. The molecule has 2 amide bonds. The lowest BCUT2D eigenvalue weighted by atomic mass is 9.89. The summed E-state index contributed by atoms with van der Waals surface area (Å²) in [5, 5.41) is 3.33. The molecule has 140 valence electrons. The van der Waals surface area contributed by atoms with Gasteiger partial charge in [-0.25, -0.2) is 0 Å². The number of hydrogen-bond donors (Lipinski definition) is 2. The minimum Gasteiger partial charge on any atom is -0.381 e. The highest BCUT2D eigenvalue weighted by Crippen LogP contribution is 2.29. The van der Waals surface area contributed by atoms with Crippen LogP contribution in [0.4, 0.5) is 5.69 Å². The Morgan fingerprint density at radius 2 is 1.84 bits per heavy atom. The molecule has 25 heavy (non-hydrogen) atoms. The number of carbonyl (C=O) groups is 2. The Kier molecular flexibility index (Phi) is 8.44. The smallest absolute Gasteiger partial charge is 0.244 e. The Hall–Kier alpha value is -1.05. The van der Waals surface area contributed by atoms with E-state index in [1.807, 2.05) is 0 Å². The standard InChI is InChI=1S/C16H21Cl2N3O3.ClH/c1-2-21(15(23)16(19)6-8-24-9-7-16)10-13(22)20-14-11(17)4-3-5-12(14)18;/h3-5H,2,6-10,19H2,1H3,(H,20,22);1H. The molecule has 1 saturated heterocycles. The van der Waals surface area contributed by atoms with Gasteiger partial charge in [-0.05, 0) is 31.9 Å². The first-order valence-electron chi connectivity index (χ1n) is 7.77. The summed E-state index contributed by atoms with van der Waals surface area (Å²) in [6, 6.07) is 4.94. The number of anilines is 1. The van der Waals surface area contributed by atoms with Crippen LogP contribution in [-0.4, -0.2) is 48.6 Å². The molecule has 0 spiro atoms. The summed E-state index contributed by atoms with van der Waals surface area (Å²) in [5.74, 6) is -0.621. The van der Waals surface area contributed by atoms with Crippen LogP contribution < -0.4 is 11.1 Å². The number of carbonyl (C=O) groups excluding carboxylic acids is 2. The van der Waals surface area contributed by atoms with E-state index in [1.165, 1.54) is 4.90 Å². The van der Waals surface area contributed by atoms with Crippen LogP contribution in [0, 0.1) is 0 Å². The van der Waals surface area contributed by atoms with Gasteiger partial charge < -0.3 is 20.7 Å². The highest BCUT2D eigenvalue weighted by molar-refractivity contribution is 6.39. The summed E-state index contributed by atoms with van der Waals surface area (Å²) in [6.07, 6.45) is 0.889. The Labute approximate surface area is 163 Å². The molecule has 0 saturated carbocycles. The second kappa shape index (κ2) is 9.59. The van der Waals surface area contributed by atoms with Crippen LogP contribution in [0.1, 0.15) is 19.8 Å². The highest BCUT2D eigenvalue weighted by Gasteiger charge is 2.39. The average molecular weight is 411 g/mol. The molecular weight excluding hydrogens is 389 g/mol. The third-order valence-corrected chi connectivity index (χ3v) is 4.67. The Morgan fingerprint density at radius 1 is 1.28 bits per heavy atom. The number of amides is 2. The molecule has 0 aromatic heterocycles. The van der Waals surface area contributed by atoms with Crippen molar-refractivity contribution in [3.63, 3.8) is 0 Å². The zero-order valence-corrected chi connectivity index (χ0v) is 16.2. The third-order valence-electron chi connectivity index (χ3n) is 4.04. The first kappa shape index (κ1) is 22.0. The van der Waals surface area contributed by atoms with Crippen LogP contribution in [0.15, 0.2) is 18.2 Å². The van der Waals surface area contributed by atoms with Crippen LogP contribution in [0.25, 0.3) is 0 Å². The molecule has 1 aromatic carbocycles. The van der Waals surface area contributed by atoms with E-state index < -0.39 is 5.54 Å². The molecule has 0 atom stereocenters. The molecule has 6 nitrogen and oxygen atoms in total. The summed E-state index contributed by atoms with van der Waals surface area (Å²) in [5.41, 5.74) is 5.57. The summed E-state index contributed by atoms with van der Waals surface area (Å²) < 4.78 is 5.26. The lowest BCUT2D eigenvalue weighted by Crippen LogP contribution is -2.59. The second-order valence-corrected chi connectivity index (χ2v) is 6.55. The lowest BCUT2D eigenvalue weighted by molar-refractivity contribution is -0.142. The van der Waals surface area contributed by atoms with Gasteiger partial charge in [-0.3, -0.25) is 9.59 Å². The Morgan fingerprint density at radius 3 is 2.36 bits per heavy atom. The van der Waals surface area contributed by atoms with E-state index in [2.05, 4.69) is 5.32 Å². The number of likely N-dealkylation sites (N-methyl/N-ethyl adjacent to an activating group) is 1. The van der Waals surface area contributed by atoms with Crippen LogP contribution in [0.3, 0.4) is 0 Å². The van der Waals surface area contributed by atoms with Crippen molar-refractivity contribution in [3.8, 4) is 0 Å². The van der Waals surface area contributed by atoms with Gasteiger partial charge in [-0.2, -0.15) is 0 Å². The van der Waals surface area contributed by atoms with Gasteiger partial charge in [0.25, 0.3) is 0 Å². The number of nitrogens with zero attached hydrogens (tertiary/aromatic N) is 1. The van der Waals surface area contributed by atoms with E-state index >= 15 is 0 Å². The van der Waals surface area contributed by atoms with Gasteiger partial charge in [0, 0.05) is 19.8 Å². The van der Waals surface area contributed by atoms with Gasteiger partial charge in [0.05, 0.1) is 27.8 Å². The fourth-order valence-corrected chi connectivity index (χ4v) is 3.05. The summed E-state index contributed by atoms with van der Waals surface area (Å²) in [7, 11) is 0. The van der Waals surface area contributed by atoms with Crippen LogP contribution >= 0.6 is 35.6 Å². The first-order chi connectivity index (χ1) is 11.4. The van der Waals surface area contributed by atoms with E-state index in [0.29, 0.717) is 48.3 Å². The zero-order chi connectivity index (χ0) is 17.7. The molecule has 0 unspecified atom stereocenters. The molecule has 1 aromatic rings. The van der Waals surface area contributed by atoms with Crippen molar-refractivity contribution in [3.05, 3.63) is 28.2 Å². The molecule has 1 aliphatic rings. The maximum absolute atomic E-state index is 12.7. The Bertz CT molecular complexity index is 602. The summed E-state index contributed by atoms with van der Waals surface area (Å²) in [4.78, 5) is 26.4. The largest absolute Gasteiger partial charge is 0.381 e. The Balaban J connectivity index is 0.00000312. The van der Waals surface area contributed by atoms with Crippen LogP contribution in [-0.2, 0) is 14.3 Å². The van der Waals surface area contributed by atoms with Gasteiger partial charge >= 0.3 is 0 Å². The SMILES string of the molecule is CCN(CC(=O)Nc1c(Cl)cccc1Cl)C(=O)C1(N)CCOCC1.Cl. The zero-order valence-electron chi connectivity index (χ0n) is 13.9. The van der Waals surface area contributed by atoms with E-state index in [0.717, 1.165) is 0 Å². The van der Waals surface area contributed by atoms with Gasteiger partial charge in [0.2, 0.25) is 11.8 Å². The molecule has 0 bridgehead atoms. The monoisotopic (exact) mass is 409 g/mol. The van der Waals surface area contributed by atoms with E-state index in [4.69, 9.17) is 33.7 Å². The maximum atomic E-state index is 12.7. The van der Waals surface area contributed by atoms with Gasteiger partial charge in [-0.1, -0.05) is 29.3 Å². The number of hydrogen-bond acceptors (Lipinski definition) is 4. The number of rotatable bonds is 5. The van der Waals surface area contributed by atoms with Crippen molar-refractivity contribution in [2.24, 2.45) is 5.73 Å². The topological polar surface area (TPSA) is 84.7 Å². The lowest BCUT2D eigenvalue weighted by Gasteiger charge is -2.36. The van der Waals surface area contributed by atoms with Gasteiger partial charge in [0.1, 0.15) is 0 Å². The van der Waals surface area contributed by atoms with Crippen molar-refractivity contribution < 1.29 is 14.3 Å². The summed E-state index contributed by atoms with van der Waals surface area (Å²) >= 11 is 12.1. The van der Waals surface area contributed by atoms with Crippen LogP contribution in [0.5, 0.6) is 0 Å². The van der Waals surface area contributed by atoms with Crippen molar-refractivity contribution in [1.82, 2.24) is 4.90 Å². The highest BCUT2D eigenvalue weighted by atomic mass is 35.5. The number of ether oxygens (including phenoxy) is 1. The molecule has 1 fully saturated rings. The molecule has 9 heteroatoms. The number of benzene rings is 1. The molecule has 0 radical (unpaired) electrons. The number of halogens is 3. The molecule has 1 aliphatic heterocycles. The molecule has 2 rings (SSSR count). The van der Waals surface area contributed by atoms with Crippen molar-refractivity contribution in [2.75, 3.05) is 31.6 Å². The molecule has 0 aliphatic carbocycles. The van der Waals surface area contributed by atoms with Crippen molar-refractivity contribution >= 4 is 53.1 Å². The molecular formula is C16H22Cl3N3O3. The fraction of sp³-hybridized carbons (Fsp3) is 0.500. The second-order valence-electron chi connectivity index (χ2n) is 5.73. The average Bonchev–Trinajstić information content (AvgIpc) is 2.56. The quantitative estimate of drug-likeness (QED) is 0.781. The van der Waals surface area contributed by atoms with Gasteiger partial charge in [-0.15, -0.1) is 12.4 Å². The third kappa shape index (κ3) is 5.46.